The molecule has 1 aliphatic heterocycles. The third kappa shape index (κ3) is 2.23. The number of rotatable bonds is 2. The zero-order valence-corrected chi connectivity index (χ0v) is 9.97. The van der Waals surface area contributed by atoms with E-state index in [9.17, 15) is 0 Å². The number of hydrogen-bond acceptors (Lipinski definition) is 1. The van der Waals surface area contributed by atoms with Crippen LogP contribution in [-0.2, 0) is 4.74 Å². The monoisotopic (exact) mass is 234 g/mol. The van der Waals surface area contributed by atoms with Gasteiger partial charge >= 0.3 is 0 Å². The molecule has 72 valence electrons. The van der Waals surface area contributed by atoms with E-state index >= 15 is 0 Å². The quantitative estimate of drug-likeness (QED) is 0.668. The van der Waals surface area contributed by atoms with Gasteiger partial charge in [0.2, 0.25) is 0 Å². The van der Waals surface area contributed by atoms with E-state index in [1.54, 1.807) is 0 Å². The molecule has 0 aromatic rings. The standard InChI is InChI=1S/C10H19BrO/c1-6(2)10(11)9-5-7(3)12-8(9)4/h6-10H,5H2,1-4H3. The van der Waals surface area contributed by atoms with Gasteiger partial charge in [0.05, 0.1) is 12.2 Å². The number of halogens is 1. The van der Waals surface area contributed by atoms with Crippen LogP contribution in [0.15, 0.2) is 0 Å². The van der Waals surface area contributed by atoms with Gasteiger partial charge in [-0.05, 0) is 26.2 Å². The maximum Gasteiger partial charge on any atom is 0.0590 e. The summed E-state index contributed by atoms with van der Waals surface area (Å²) in [6.07, 6.45) is 2.07. The number of ether oxygens (including phenoxy) is 1. The fraction of sp³-hybridized carbons (Fsp3) is 1.00. The molecule has 1 aliphatic rings. The topological polar surface area (TPSA) is 9.23 Å². The van der Waals surface area contributed by atoms with Crippen molar-refractivity contribution >= 4 is 15.9 Å². The predicted molar refractivity (Wildman–Crippen MR) is 55.7 cm³/mol. The normalized spacial score (nSPS) is 39.0. The molecule has 12 heavy (non-hydrogen) atoms. The van der Waals surface area contributed by atoms with E-state index in [1.165, 1.54) is 6.42 Å². The van der Waals surface area contributed by atoms with Crippen molar-refractivity contribution in [3.05, 3.63) is 0 Å². The molecule has 1 nitrogen and oxygen atoms in total. The van der Waals surface area contributed by atoms with Gasteiger partial charge in [-0.1, -0.05) is 29.8 Å². The summed E-state index contributed by atoms with van der Waals surface area (Å²) in [6.45, 7) is 8.87. The van der Waals surface area contributed by atoms with Crippen LogP contribution >= 0.6 is 15.9 Å². The number of hydrogen-bond donors (Lipinski definition) is 0. The van der Waals surface area contributed by atoms with Gasteiger partial charge in [0.1, 0.15) is 0 Å². The highest BCUT2D eigenvalue weighted by Crippen LogP contribution is 2.35. The lowest BCUT2D eigenvalue weighted by molar-refractivity contribution is 0.0546. The lowest BCUT2D eigenvalue weighted by atomic mass is 9.91. The van der Waals surface area contributed by atoms with Gasteiger partial charge in [0.15, 0.2) is 0 Å². The van der Waals surface area contributed by atoms with Crippen LogP contribution < -0.4 is 0 Å². The highest BCUT2D eigenvalue weighted by Gasteiger charge is 2.35. The average molecular weight is 235 g/mol. The van der Waals surface area contributed by atoms with Crippen LogP contribution in [-0.4, -0.2) is 17.0 Å². The SMILES string of the molecule is CC1CC(C(Br)C(C)C)C(C)O1. The van der Waals surface area contributed by atoms with E-state index in [0.29, 0.717) is 28.9 Å². The Bertz CT molecular complexity index is 147. The van der Waals surface area contributed by atoms with Crippen molar-refractivity contribution in [3.8, 4) is 0 Å². The molecule has 0 aromatic heterocycles. The molecule has 0 aliphatic carbocycles. The lowest BCUT2D eigenvalue weighted by Crippen LogP contribution is -2.25. The molecule has 1 heterocycles. The molecular formula is C10H19BrO. The van der Waals surface area contributed by atoms with E-state index in [0.717, 1.165) is 0 Å². The Balaban J connectivity index is 2.51. The second-order valence-corrected chi connectivity index (χ2v) is 5.30. The summed E-state index contributed by atoms with van der Waals surface area (Å²) in [7, 11) is 0. The molecule has 0 spiro atoms. The molecule has 1 fully saturated rings. The molecule has 1 saturated heterocycles. The van der Waals surface area contributed by atoms with Crippen molar-refractivity contribution in [2.45, 2.75) is 51.2 Å². The van der Waals surface area contributed by atoms with Gasteiger partial charge in [-0.15, -0.1) is 0 Å². The van der Waals surface area contributed by atoms with Crippen molar-refractivity contribution in [2.75, 3.05) is 0 Å². The van der Waals surface area contributed by atoms with E-state index < -0.39 is 0 Å². The molecule has 4 unspecified atom stereocenters. The maximum atomic E-state index is 5.72. The highest BCUT2D eigenvalue weighted by molar-refractivity contribution is 9.09. The lowest BCUT2D eigenvalue weighted by Gasteiger charge is -2.23. The summed E-state index contributed by atoms with van der Waals surface area (Å²) in [4.78, 5) is 0.609. The van der Waals surface area contributed by atoms with Crippen molar-refractivity contribution in [2.24, 2.45) is 11.8 Å². The Morgan fingerprint density at radius 2 is 1.92 bits per heavy atom. The largest absolute Gasteiger partial charge is 0.375 e. The van der Waals surface area contributed by atoms with Crippen molar-refractivity contribution < 1.29 is 4.74 Å². The predicted octanol–water partition coefficient (Wildman–Crippen LogP) is 3.22. The van der Waals surface area contributed by atoms with E-state index in [1.807, 2.05) is 0 Å². The molecule has 4 atom stereocenters. The second-order valence-electron chi connectivity index (χ2n) is 4.24. The van der Waals surface area contributed by atoms with Crippen LogP contribution in [0.5, 0.6) is 0 Å². The fourth-order valence-corrected chi connectivity index (χ4v) is 2.63. The molecule has 0 amide bonds. The van der Waals surface area contributed by atoms with Gasteiger partial charge in [-0.25, -0.2) is 0 Å². The van der Waals surface area contributed by atoms with E-state index in [-0.39, 0.29) is 0 Å². The molecule has 0 N–H and O–H groups in total. The third-order valence-electron chi connectivity index (χ3n) is 2.70. The van der Waals surface area contributed by atoms with Crippen LogP contribution in [0.4, 0.5) is 0 Å². The fourth-order valence-electron chi connectivity index (χ4n) is 1.98. The Labute approximate surface area is 84.0 Å². The maximum absolute atomic E-state index is 5.72. The van der Waals surface area contributed by atoms with Crippen LogP contribution in [0.1, 0.15) is 34.1 Å². The first-order chi connectivity index (χ1) is 5.52. The summed E-state index contributed by atoms with van der Waals surface area (Å²) >= 11 is 3.76. The molecule has 0 aromatic carbocycles. The smallest absolute Gasteiger partial charge is 0.0590 e. The Kier molecular flexibility index (Phi) is 3.59. The molecule has 0 radical (unpaired) electrons. The first kappa shape index (κ1) is 10.5. The average Bonchev–Trinajstić information content (AvgIpc) is 2.28. The molecule has 0 saturated carbocycles. The Hall–Kier alpha value is 0.440. The second kappa shape index (κ2) is 4.10. The summed E-state index contributed by atoms with van der Waals surface area (Å²) in [5.41, 5.74) is 0. The Morgan fingerprint density at radius 3 is 2.25 bits per heavy atom. The third-order valence-corrected chi connectivity index (χ3v) is 4.44. The van der Waals surface area contributed by atoms with Crippen molar-refractivity contribution in [1.29, 1.82) is 0 Å². The molecule has 1 rings (SSSR count). The van der Waals surface area contributed by atoms with Gasteiger partial charge < -0.3 is 4.74 Å². The van der Waals surface area contributed by atoms with Crippen LogP contribution in [0.3, 0.4) is 0 Å². The minimum Gasteiger partial charge on any atom is -0.375 e. The summed E-state index contributed by atoms with van der Waals surface area (Å²) < 4.78 is 5.72. The molecule has 0 bridgehead atoms. The molecule has 2 heteroatoms. The zero-order valence-electron chi connectivity index (χ0n) is 8.38. The van der Waals surface area contributed by atoms with Crippen molar-refractivity contribution in [1.82, 2.24) is 0 Å². The van der Waals surface area contributed by atoms with Crippen molar-refractivity contribution in [3.63, 3.8) is 0 Å². The Morgan fingerprint density at radius 1 is 1.33 bits per heavy atom. The first-order valence-electron chi connectivity index (χ1n) is 4.82. The van der Waals surface area contributed by atoms with Crippen LogP contribution in [0.25, 0.3) is 0 Å². The van der Waals surface area contributed by atoms with E-state index in [4.69, 9.17) is 4.74 Å². The van der Waals surface area contributed by atoms with Gasteiger partial charge in [0, 0.05) is 10.7 Å². The van der Waals surface area contributed by atoms with Gasteiger partial charge in [-0.2, -0.15) is 0 Å². The highest BCUT2D eigenvalue weighted by atomic mass is 79.9. The van der Waals surface area contributed by atoms with Gasteiger partial charge in [0.25, 0.3) is 0 Å². The summed E-state index contributed by atoms with van der Waals surface area (Å²) in [6, 6.07) is 0. The van der Waals surface area contributed by atoms with Gasteiger partial charge in [-0.3, -0.25) is 0 Å². The van der Waals surface area contributed by atoms with E-state index in [2.05, 4.69) is 43.6 Å². The first-order valence-corrected chi connectivity index (χ1v) is 5.73. The van der Waals surface area contributed by atoms with Crippen LogP contribution in [0, 0.1) is 11.8 Å². The minimum atomic E-state index is 0.423. The van der Waals surface area contributed by atoms with Crippen LogP contribution in [0.2, 0.25) is 0 Å². The number of alkyl halides is 1. The zero-order chi connectivity index (χ0) is 9.30. The summed E-state index contributed by atoms with van der Waals surface area (Å²) in [5.74, 6) is 1.39. The minimum absolute atomic E-state index is 0.423. The molecular weight excluding hydrogens is 216 g/mol. The summed E-state index contributed by atoms with van der Waals surface area (Å²) in [5, 5.41) is 0.